The SMILES string of the molecule is CC.CC=C(C)C.CN.Cc1cccc2nc(COc3ccc(OCc4cccc(C/C(N)=N/N)c4)cc3)ccc12. The van der Waals surface area contributed by atoms with Gasteiger partial charge < -0.3 is 26.8 Å². The van der Waals surface area contributed by atoms with Gasteiger partial charge in [0, 0.05) is 11.8 Å². The normalized spacial score (nSPS) is 10.1. The summed E-state index contributed by atoms with van der Waals surface area (Å²) in [6.45, 7) is 13.2. The zero-order valence-corrected chi connectivity index (χ0v) is 25.6. The Bertz CT molecular complexity index is 1360. The number of allylic oxidation sites excluding steroid dienone is 2. The van der Waals surface area contributed by atoms with Crippen molar-refractivity contribution in [2.45, 2.75) is 61.2 Å². The first-order chi connectivity index (χ1) is 19.9. The number of hydrazone groups is 1. The topological polar surface area (TPSA) is 122 Å². The van der Waals surface area contributed by atoms with E-state index in [4.69, 9.17) is 26.0 Å². The number of aromatic nitrogens is 1. The molecule has 0 saturated heterocycles. The van der Waals surface area contributed by atoms with Crippen LogP contribution in [0.4, 0.5) is 0 Å². The van der Waals surface area contributed by atoms with E-state index >= 15 is 0 Å². The van der Waals surface area contributed by atoms with E-state index in [9.17, 15) is 0 Å². The van der Waals surface area contributed by atoms with Crippen LogP contribution < -0.4 is 26.8 Å². The molecule has 0 atom stereocenters. The molecule has 4 aromatic rings. The molecule has 3 aromatic carbocycles. The molecular weight excluding hydrogens is 510 g/mol. The summed E-state index contributed by atoms with van der Waals surface area (Å²) in [4.78, 5) is 4.69. The van der Waals surface area contributed by atoms with Gasteiger partial charge in [0.1, 0.15) is 30.5 Å². The predicted octanol–water partition coefficient (Wildman–Crippen LogP) is 7.05. The highest BCUT2D eigenvalue weighted by Crippen LogP contribution is 2.21. The highest BCUT2D eigenvalue weighted by molar-refractivity contribution is 5.82. The van der Waals surface area contributed by atoms with Crippen LogP contribution in [0.2, 0.25) is 0 Å². The predicted molar refractivity (Wildman–Crippen MR) is 174 cm³/mol. The Hall–Kier alpha value is -4.36. The fourth-order valence-corrected chi connectivity index (χ4v) is 3.47. The first kappa shape index (κ1) is 34.7. The zero-order valence-electron chi connectivity index (χ0n) is 25.6. The summed E-state index contributed by atoms with van der Waals surface area (Å²) in [6, 6.07) is 25.8. The molecule has 0 fully saturated rings. The molecule has 41 heavy (non-hydrogen) atoms. The van der Waals surface area contributed by atoms with E-state index in [1.54, 1.807) is 0 Å². The van der Waals surface area contributed by atoms with E-state index in [0.29, 0.717) is 25.5 Å². The van der Waals surface area contributed by atoms with Crippen LogP contribution in [-0.2, 0) is 19.6 Å². The number of amidine groups is 1. The summed E-state index contributed by atoms with van der Waals surface area (Å²) >= 11 is 0. The smallest absolute Gasteiger partial charge is 0.130 e. The fraction of sp³-hybridized carbons (Fsp3) is 0.294. The minimum Gasteiger partial charge on any atom is -0.489 e. The van der Waals surface area contributed by atoms with E-state index in [-0.39, 0.29) is 0 Å². The van der Waals surface area contributed by atoms with E-state index in [1.165, 1.54) is 23.6 Å². The summed E-state index contributed by atoms with van der Waals surface area (Å²) in [6.07, 6.45) is 2.60. The second kappa shape index (κ2) is 19.7. The maximum absolute atomic E-state index is 5.90. The number of rotatable bonds is 8. The van der Waals surface area contributed by atoms with Gasteiger partial charge in [-0.05, 0) is 87.8 Å². The Labute approximate surface area is 246 Å². The average molecular weight is 558 g/mol. The zero-order chi connectivity index (χ0) is 30.6. The Kier molecular flexibility index (Phi) is 16.6. The molecule has 1 aromatic heterocycles. The maximum atomic E-state index is 5.90. The summed E-state index contributed by atoms with van der Waals surface area (Å²) in [5.74, 6) is 7.14. The first-order valence-corrected chi connectivity index (χ1v) is 13.9. The first-order valence-electron chi connectivity index (χ1n) is 13.9. The lowest BCUT2D eigenvalue weighted by atomic mass is 10.1. The second-order valence-electron chi connectivity index (χ2n) is 8.98. The standard InChI is InChI=1S/C26H26N4O2.C5H10.C2H6.CH5N/c1-18-4-2-7-25-24(18)13-8-21(29-25)17-32-23-11-9-22(10-12-23)31-16-20-6-3-5-19(14-20)15-26(27)30-28;1-4-5(2)3;2*1-2/h2-14H,15-17,28H2,1H3,(H2,27,30);4H,1-3H3;1-2H3;2H2,1H3. The second-order valence-corrected chi connectivity index (χ2v) is 8.98. The van der Waals surface area contributed by atoms with Crippen LogP contribution in [0, 0.1) is 6.92 Å². The number of ether oxygens (including phenoxy) is 2. The van der Waals surface area contributed by atoms with Gasteiger partial charge in [-0.15, -0.1) is 0 Å². The Balaban J connectivity index is 0.000000831. The number of fused-ring (bicyclic) bond motifs is 1. The summed E-state index contributed by atoms with van der Waals surface area (Å²) < 4.78 is 11.8. The molecule has 6 N–H and O–H groups in total. The van der Waals surface area contributed by atoms with Crippen LogP contribution in [-0.4, -0.2) is 17.9 Å². The molecule has 0 aliphatic carbocycles. The third-order valence-corrected chi connectivity index (χ3v) is 5.74. The molecule has 0 unspecified atom stereocenters. The maximum Gasteiger partial charge on any atom is 0.130 e. The van der Waals surface area contributed by atoms with Crippen LogP contribution in [0.3, 0.4) is 0 Å². The van der Waals surface area contributed by atoms with Crippen LogP contribution in [0.5, 0.6) is 11.5 Å². The Morgan fingerprint density at radius 3 is 1.98 bits per heavy atom. The van der Waals surface area contributed by atoms with Crippen molar-refractivity contribution in [3.8, 4) is 11.5 Å². The summed E-state index contributed by atoms with van der Waals surface area (Å²) in [5, 5.41) is 4.68. The van der Waals surface area contributed by atoms with Crippen molar-refractivity contribution in [2.24, 2.45) is 22.4 Å². The van der Waals surface area contributed by atoms with Gasteiger partial charge in [-0.1, -0.05) is 68.0 Å². The molecule has 7 heteroatoms. The average Bonchev–Trinajstić information content (AvgIpc) is 3.02. The molecule has 4 rings (SSSR count). The molecule has 7 nitrogen and oxygen atoms in total. The van der Waals surface area contributed by atoms with Crippen molar-refractivity contribution < 1.29 is 9.47 Å². The highest BCUT2D eigenvalue weighted by atomic mass is 16.5. The largest absolute Gasteiger partial charge is 0.489 e. The molecule has 0 aliphatic heterocycles. The van der Waals surface area contributed by atoms with Crippen molar-refractivity contribution in [3.63, 3.8) is 0 Å². The lowest BCUT2D eigenvalue weighted by molar-refractivity contribution is 0.295. The van der Waals surface area contributed by atoms with Crippen molar-refractivity contribution in [3.05, 3.63) is 113 Å². The van der Waals surface area contributed by atoms with Gasteiger partial charge >= 0.3 is 0 Å². The number of nitrogens with zero attached hydrogens (tertiary/aromatic N) is 2. The monoisotopic (exact) mass is 557 g/mol. The van der Waals surface area contributed by atoms with Crippen molar-refractivity contribution >= 4 is 16.7 Å². The highest BCUT2D eigenvalue weighted by Gasteiger charge is 2.04. The number of benzene rings is 3. The molecule has 1 heterocycles. The third-order valence-electron chi connectivity index (χ3n) is 5.74. The number of pyridine rings is 1. The minimum atomic E-state index is 0.396. The number of hydrogen-bond donors (Lipinski definition) is 3. The van der Waals surface area contributed by atoms with Crippen LogP contribution in [0.1, 0.15) is 57.0 Å². The van der Waals surface area contributed by atoms with Crippen molar-refractivity contribution in [1.82, 2.24) is 4.98 Å². The van der Waals surface area contributed by atoms with Gasteiger partial charge in [-0.2, -0.15) is 5.10 Å². The molecular formula is C34H47N5O2. The molecule has 0 saturated carbocycles. The quantitative estimate of drug-likeness (QED) is 0.0702. The van der Waals surface area contributed by atoms with Gasteiger partial charge in [-0.3, -0.25) is 0 Å². The van der Waals surface area contributed by atoms with E-state index in [0.717, 1.165) is 33.8 Å². The van der Waals surface area contributed by atoms with E-state index in [1.807, 2.05) is 87.5 Å². The lowest BCUT2D eigenvalue weighted by Crippen LogP contribution is -2.17. The van der Waals surface area contributed by atoms with Crippen LogP contribution in [0.25, 0.3) is 10.9 Å². The van der Waals surface area contributed by atoms with Crippen LogP contribution >= 0.6 is 0 Å². The van der Waals surface area contributed by atoms with Crippen molar-refractivity contribution in [1.29, 1.82) is 0 Å². The van der Waals surface area contributed by atoms with Crippen molar-refractivity contribution in [2.75, 3.05) is 7.05 Å². The van der Waals surface area contributed by atoms with Gasteiger partial charge in [0.25, 0.3) is 0 Å². The number of hydrogen-bond acceptors (Lipinski definition) is 6. The fourth-order valence-electron chi connectivity index (χ4n) is 3.47. The van der Waals surface area contributed by atoms with E-state index < -0.39 is 0 Å². The molecule has 0 spiro atoms. The van der Waals surface area contributed by atoms with Gasteiger partial charge in [0.05, 0.1) is 11.2 Å². The summed E-state index contributed by atoms with van der Waals surface area (Å²) in [5.41, 5.74) is 16.8. The molecule has 0 aliphatic rings. The number of aryl methyl sites for hydroxylation is 1. The third kappa shape index (κ3) is 12.6. The molecule has 0 amide bonds. The van der Waals surface area contributed by atoms with Gasteiger partial charge in [0.15, 0.2) is 0 Å². The summed E-state index contributed by atoms with van der Waals surface area (Å²) in [7, 11) is 1.50. The molecule has 220 valence electrons. The lowest BCUT2D eigenvalue weighted by Gasteiger charge is -2.10. The molecule has 0 bridgehead atoms. The van der Waals surface area contributed by atoms with Gasteiger partial charge in [-0.25, -0.2) is 4.98 Å². The Morgan fingerprint density at radius 2 is 1.39 bits per heavy atom. The van der Waals surface area contributed by atoms with Gasteiger partial charge in [0.2, 0.25) is 0 Å². The Morgan fingerprint density at radius 1 is 0.829 bits per heavy atom. The van der Waals surface area contributed by atoms with E-state index in [2.05, 4.69) is 49.8 Å². The number of nitrogens with two attached hydrogens (primary N) is 3. The van der Waals surface area contributed by atoms with Crippen LogP contribution in [0.15, 0.2) is 95.6 Å². The molecule has 0 radical (unpaired) electrons. The minimum absolute atomic E-state index is 0.396.